The van der Waals surface area contributed by atoms with Crippen LogP contribution in [0.3, 0.4) is 0 Å². The number of nitrogens with zero attached hydrogens (tertiary/aromatic N) is 2. The second kappa shape index (κ2) is 14.6. The molecular weight excluding hydrogens is 742 g/mol. The third kappa shape index (κ3) is 6.63. The first-order valence-electron chi connectivity index (χ1n) is 22.9. The smallest absolute Gasteiger partial charge is 0.306 e. The monoisotopic (exact) mass is 812 g/mol. The van der Waals surface area contributed by atoms with Gasteiger partial charge in [-0.15, -0.1) is 0 Å². The van der Waals surface area contributed by atoms with E-state index in [-0.39, 0.29) is 64.4 Å². The number of aromatic nitrogens is 2. The molecule has 5 saturated carbocycles. The van der Waals surface area contributed by atoms with Crippen molar-refractivity contribution in [3.8, 4) is 11.3 Å². The molecule has 1 aromatic carbocycles. The number of hydrogen-bond donors (Lipinski definition) is 2. The Bertz CT molecular complexity index is 1990. The molecule has 0 bridgehead atoms. The van der Waals surface area contributed by atoms with Crippen LogP contribution in [0, 0.1) is 67.9 Å². The summed E-state index contributed by atoms with van der Waals surface area (Å²) < 4.78 is 20.0. The number of rotatable bonds is 9. The molecule has 6 fully saturated rings. The van der Waals surface area contributed by atoms with Crippen LogP contribution in [0.25, 0.3) is 11.3 Å². The highest BCUT2D eigenvalue weighted by Gasteiger charge is 2.72. The van der Waals surface area contributed by atoms with Crippen molar-refractivity contribution in [2.45, 2.75) is 157 Å². The summed E-state index contributed by atoms with van der Waals surface area (Å²) in [7, 11) is 0. The van der Waals surface area contributed by atoms with Gasteiger partial charge in [-0.05, 0) is 165 Å². The summed E-state index contributed by atoms with van der Waals surface area (Å²) in [5.74, 6) is 1.67. The van der Waals surface area contributed by atoms with Gasteiger partial charge in [0.1, 0.15) is 17.7 Å². The van der Waals surface area contributed by atoms with Gasteiger partial charge < -0.3 is 19.7 Å². The van der Waals surface area contributed by atoms with E-state index in [4.69, 9.17) is 9.72 Å². The number of carbonyl (C=O) groups is 3. The maximum atomic E-state index is 15.5. The third-order valence-corrected chi connectivity index (χ3v) is 18.5. The van der Waals surface area contributed by atoms with E-state index in [1.54, 1.807) is 12.1 Å². The number of imidazole rings is 1. The fourth-order valence-electron chi connectivity index (χ4n) is 15.6. The molecule has 0 spiro atoms. The zero-order valence-corrected chi connectivity index (χ0v) is 37.1. The van der Waals surface area contributed by atoms with Crippen molar-refractivity contribution in [2.24, 2.45) is 62.1 Å². The second-order valence-corrected chi connectivity index (χ2v) is 22.4. The molecule has 8 nitrogen and oxygen atoms in total. The number of esters is 1. The Morgan fingerprint density at radius 3 is 2.34 bits per heavy atom. The van der Waals surface area contributed by atoms with Crippen LogP contribution in [0.4, 0.5) is 4.39 Å². The number of carboxylic acids is 1. The van der Waals surface area contributed by atoms with Crippen molar-refractivity contribution in [2.75, 3.05) is 6.54 Å². The minimum atomic E-state index is -0.896. The summed E-state index contributed by atoms with van der Waals surface area (Å²) in [6.07, 6.45) is 13.8. The highest BCUT2D eigenvalue weighted by Crippen LogP contribution is 2.78. The SMILES string of the molecule is C=C(C)[C@@H]1CC[C@]2(C(=O)N3CCC[C@H]3c3ncc(-c4ccc(F)cc4)[nH]3)CC[C@]3(C)[C@H](CC[C@@H]4[C@@]5(C)CC[C@H](OC(=O)CC(C)(C)CC(=O)O)C(C)(C)[C@@H]5CC[C@]43C)[C@@H]12. The maximum absolute atomic E-state index is 15.5. The lowest BCUT2D eigenvalue weighted by Crippen LogP contribution is -2.67. The van der Waals surface area contributed by atoms with Crippen molar-refractivity contribution in [1.82, 2.24) is 14.9 Å². The molecule has 0 unspecified atom stereocenters. The van der Waals surface area contributed by atoms with E-state index < -0.39 is 16.8 Å². The number of likely N-dealkylation sites (tertiary alicyclic amines) is 1. The van der Waals surface area contributed by atoms with Crippen LogP contribution >= 0.6 is 0 Å². The zero-order valence-electron chi connectivity index (χ0n) is 37.1. The highest BCUT2D eigenvalue weighted by atomic mass is 19.1. The molecule has 2 N–H and O–H groups in total. The van der Waals surface area contributed by atoms with Crippen molar-refractivity contribution in [3.63, 3.8) is 0 Å². The number of H-pyrrole nitrogens is 1. The van der Waals surface area contributed by atoms with E-state index in [0.29, 0.717) is 29.6 Å². The number of benzene rings is 1. The van der Waals surface area contributed by atoms with Crippen LogP contribution < -0.4 is 0 Å². The summed E-state index contributed by atoms with van der Waals surface area (Å²) in [4.78, 5) is 50.8. The number of carboxylic acid groups (broad SMARTS) is 1. The fraction of sp³-hybridized carbons (Fsp3) is 0.720. The number of carbonyl (C=O) groups excluding carboxylic acids is 2. The van der Waals surface area contributed by atoms with Gasteiger partial charge in [-0.25, -0.2) is 9.37 Å². The van der Waals surface area contributed by atoms with Gasteiger partial charge in [0, 0.05) is 12.0 Å². The largest absolute Gasteiger partial charge is 0.481 e. The number of aromatic amines is 1. The topological polar surface area (TPSA) is 113 Å². The van der Waals surface area contributed by atoms with Crippen LogP contribution in [0.1, 0.15) is 157 Å². The molecule has 11 atom stereocenters. The number of ether oxygens (including phenoxy) is 1. The van der Waals surface area contributed by atoms with Crippen molar-refractivity contribution >= 4 is 17.8 Å². The molecule has 5 aliphatic carbocycles. The number of nitrogens with one attached hydrogen (secondary N) is 1. The predicted octanol–water partition coefficient (Wildman–Crippen LogP) is 11.3. The quantitative estimate of drug-likeness (QED) is 0.193. The summed E-state index contributed by atoms with van der Waals surface area (Å²) >= 11 is 0. The highest BCUT2D eigenvalue weighted by molar-refractivity contribution is 5.84. The minimum Gasteiger partial charge on any atom is -0.481 e. The Kier molecular flexibility index (Phi) is 10.4. The summed E-state index contributed by atoms with van der Waals surface area (Å²) in [5, 5.41) is 9.40. The van der Waals surface area contributed by atoms with Crippen molar-refractivity contribution in [3.05, 3.63) is 54.3 Å². The Balaban J connectivity index is 1.04. The molecule has 1 saturated heterocycles. The van der Waals surface area contributed by atoms with Crippen LogP contribution in [-0.2, 0) is 19.1 Å². The molecule has 1 aromatic heterocycles. The lowest BCUT2D eigenvalue weighted by Gasteiger charge is -2.73. The van der Waals surface area contributed by atoms with Crippen LogP contribution in [0.2, 0.25) is 0 Å². The molecule has 0 radical (unpaired) electrons. The molecule has 8 rings (SSSR count). The Labute approximate surface area is 351 Å². The Morgan fingerprint density at radius 1 is 0.915 bits per heavy atom. The van der Waals surface area contributed by atoms with Gasteiger partial charge in [-0.2, -0.15) is 0 Å². The number of aliphatic carboxylic acids is 1. The van der Waals surface area contributed by atoms with Crippen LogP contribution in [-0.4, -0.2) is 50.5 Å². The molecule has 322 valence electrons. The molecule has 9 heteroatoms. The summed E-state index contributed by atoms with van der Waals surface area (Å²) in [6, 6.07) is 6.38. The minimum absolute atomic E-state index is 0.0648. The van der Waals surface area contributed by atoms with E-state index in [2.05, 4.69) is 58.0 Å². The lowest BCUT2D eigenvalue weighted by molar-refractivity contribution is -0.250. The van der Waals surface area contributed by atoms with E-state index >= 15 is 4.79 Å². The molecule has 6 aliphatic rings. The average molecular weight is 812 g/mol. The summed E-state index contributed by atoms with van der Waals surface area (Å²) in [6.45, 7) is 23.6. The first kappa shape index (κ1) is 42.2. The Hall–Kier alpha value is -3.49. The molecule has 59 heavy (non-hydrogen) atoms. The lowest BCUT2D eigenvalue weighted by atomic mass is 9.32. The first-order chi connectivity index (χ1) is 27.7. The molecule has 1 aliphatic heterocycles. The van der Waals surface area contributed by atoms with Crippen molar-refractivity contribution < 1.29 is 28.6 Å². The van der Waals surface area contributed by atoms with Crippen LogP contribution in [0.5, 0.6) is 0 Å². The number of amides is 1. The standard InChI is InChI=1S/C50H70FN3O5/c1-30(2)33-18-23-50(44(58)54-26-10-11-36(54)43-52-29-35(53-43)31-12-14-32(51)15-13-31)25-24-48(8)34(42(33)50)16-17-38-47(7)21-20-39(46(5,6)37(47)19-22-49(38,48)9)59-41(57)28-45(3,4)27-40(55)56/h12-15,29,33-34,36-39,42H,1,10-11,16-28H2,2-9H3,(H,52,53)(H,55,56)/t33-,34+,36-,37-,38+,39-,42+,47-,48+,49+,50-/m0/s1. The van der Waals surface area contributed by atoms with E-state index in [9.17, 15) is 19.1 Å². The number of halogens is 1. The second-order valence-electron chi connectivity index (χ2n) is 22.4. The average Bonchev–Trinajstić information content (AvgIpc) is 3.92. The third-order valence-electron chi connectivity index (χ3n) is 18.5. The van der Waals surface area contributed by atoms with E-state index in [1.165, 1.54) is 17.7 Å². The van der Waals surface area contributed by atoms with Gasteiger partial charge in [0.25, 0.3) is 0 Å². The van der Waals surface area contributed by atoms with Gasteiger partial charge in [0.15, 0.2) is 0 Å². The van der Waals surface area contributed by atoms with E-state index in [1.807, 2.05) is 20.0 Å². The Morgan fingerprint density at radius 2 is 1.64 bits per heavy atom. The number of hydrogen-bond acceptors (Lipinski definition) is 5. The normalized spacial score (nSPS) is 38.7. The molecule has 2 heterocycles. The van der Waals surface area contributed by atoms with Gasteiger partial charge in [-0.3, -0.25) is 14.4 Å². The summed E-state index contributed by atoms with van der Waals surface area (Å²) in [5.41, 5.74) is 1.97. The maximum Gasteiger partial charge on any atom is 0.306 e. The van der Waals surface area contributed by atoms with Gasteiger partial charge in [0.2, 0.25) is 5.91 Å². The fourth-order valence-corrected chi connectivity index (χ4v) is 15.6. The first-order valence-corrected chi connectivity index (χ1v) is 22.9. The van der Waals surface area contributed by atoms with Crippen LogP contribution in [0.15, 0.2) is 42.6 Å². The van der Waals surface area contributed by atoms with Crippen molar-refractivity contribution in [1.29, 1.82) is 0 Å². The zero-order chi connectivity index (χ0) is 42.5. The molecule has 1 amide bonds. The number of allylic oxidation sites excluding steroid dienone is 1. The predicted molar refractivity (Wildman–Crippen MR) is 227 cm³/mol. The van der Waals surface area contributed by atoms with Gasteiger partial charge in [-0.1, -0.05) is 60.6 Å². The molecular formula is C50H70FN3O5. The number of fused-ring (bicyclic) bond motifs is 7. The van der Waals surface area contributed by atoms with Gasteiger partial charge >= 0.3 is 11.9 Å². The molecule has 2 aromatic rings. The van der Waals surface area contributed by atoms with Gasteiger partial charge in [0.05, 0.1) is 36.2 Å². The van der Waals surface area contributed by atoms with E-state index in [0.717, 1.165) is 101 Å².